The molecular weight excluding hydrogens is 347 g/mol. The largest absolute Gasteiger partial charge is 0.859 e. The van der Waals surface area contributed by atoms with Crippen LogP contribution in [0.4, 0.5) is 5.82 Å². The molecular formula is C14H9Cl2N2O3S-. The van der Waals surface area contributed by atoms with E-state index < -0.39 is 21.1 Å². The normalized spacial score (nSPS) is 20.0. The maximum Gasteiger partial charge on any atom is 0.198 e. The number of hydrogen-bond acceptors (Lipinski definition) is 5. The fraction of sp³-hybridized carbons (Fsp3) is 0.0714. The van der Waals surface area contributed by atoms with Crippen molar-refractivity contribution in [3.8, 4) is 0 Å². The molecule has 0 N–H and O–H groups in total. The van der Waals surface area contributed by atoms with Gasteiger partial charge in [0.25, 0.3) is 0 Å². The molecule has 2 aromatic rings. The molecule has 22 heavy (non-hydrogen) atoms. The topological polar surface area (TPSA) is 73.3 Å². The van der Waals surface area contributed by atoms with Crippen molar-refractivity contribution in [2.24, 2.45) is 0 Å². The van der Waals surface area contributed by atoms with E-state index in [9.17, 15) is 13.5 Å². The Kier molecular flexibility index (Phi) is 3.76. The molecule has 0 spiro atoms. The second kappa shape index (κ2) is 5.46. The van der Waals surface area contributed by atoms with Crippen molar-refractivity contribution in [1.29, 1.82) is 0 Å². The summed E-state index contributed by atoms with van der Waals surface area (Å²) in [6.45, 7) is 0. The fourth-order valence-electron chi connectivity index (χ4n) is 2.27. The summed E-state index contributed by atoms with van der Waals surface area (Å²) in [5.41, 5.74) is 0.277. The highest BCUT2D eigenvalue weighted by atomic mass is 35.5. The third-order valence-corrected chi connectivity index (χ3v) is 5.35. The van der Waals surface area contributed by atoms with Crippen LogP contribution >= 0.6 is 23.2 Å². The van der Waals surface area contributed by atoms with Gasteiger partial charge in [-0.05, 0) is 30.1 Å². The van der Waals surface area contributed by atoms with Gasteiger partial charge in [-0.25, -0.2) is 13.4 Å². The average molecular weight is 356 g/mol. The third kappa shape index (κ3) is 2.54. The van der Waals surface area contributed by atoms with E-state index in [0.29, 0.717) is 10.4 Å². The van der Waals surface area contributed by atoms with E-state index >= 15 is 0 Å². The Morgan fingerprint density at radius 1 is 1.18 bits per heavy atom. The van der Waals surface area contributed by atoms with E-state index in [0.717, 1.165) is 4.90 Å². The van der Waals surface area contributed by atoms with Gasteiger partial charge in [-0.2, -0.15) is 0 Å². The Labute approximate surface area is 137 Å². The maximum absolute atomic E-state index is 12.4. The first-order valence-corrected chi connectivity index (χ1v) is 8.54. The van der Waals surface area contributed by atoms with Gasteiger partial charge in [-0.1, -0.05) is 35.3 Å². The lowest BCUT2D eigenvalue weighted by Crippen LogP contribution is -2.32. The van der Waals surface area contributed by atoms with Gasteiger partial charge in [0, 0.05) is 27.2 Å². The molecule has 3 rings (SSSR count). The summed E-state index contributed by atoms with van der Waals surface area (Å²) in [6, 6.07) is 9.36. The van der Waals surface area contributed by atoms with Gasteiger partial charge >= 0.3 is 0 Å². The lowest BCUT2D eigenvalue weighted by molar-refractivity contribution is -0.304. The molecule has 1 aromatic heterocycles. The predicted molar refractivity (Wildman–Crippen MR) is 82.9 cm³/mol. The quantitative estimate of drug-likeness (QED) is 0.827. The number of aromatic nitrogens is 1. The highest BCUT2D eigenvalue weighted by molar-refractivity contribution is 7.94. The van der Waals surface area contributed by atoms with Crippen molar-refractivity contribution >= 4 is 38.9 Å². The van der Waals surface area contributed by atoms with Crippen LogP contribution in [0.25, 0.3) is 0 Å². The number of rotatable bonds is 2. The average Bonchev–Trinajstić information content (AvgIpc) is 2.69. The first kappa shape index (κ1) is 15.1. The van der Waals surface area contributed by atoms with Crippen molar-refractivity contribution in [2.45, 2.75) is 5.37 Å². The van der Waals surface area contributed by atoms with Crippen LogP contribution in [0.15, 0.2) is 53.9 Å². The molecule has 5 nitrogen and oxygen atoms in total. The van der Waals surface area contributed by atoms with E-state index in [1.807, 2.05) is 0 Å². The molecule has 8 heteroatoms. The van der Waals surface area contributed by atoms with Crippen molar-refractivity contribution < 1.29 is 13.5 Å². The van der Waals surface area contributed by atoms with Gasteiger partial charge in [-0.3, -0.25) is 0 Å². The molecule has 1 aliphatic heterocycles. The van der Waals surface area contributed by atoms with Gasteiger partial charge in [0.15, 0.2) is 15.2 Å². The van der Waals surface area contributed by atoms with Gasteiger partial charge in [-0.15, -0.1) is 0 Å². The minimum Gasteiger partial charge on any atom is -0.859 e. The van der Waals surface area contributed by atoms with Gasteiger partial charge < -0.3 is 10.0 Å². The van der Waals surface area contributed by atoms with Crippen LogP contribution in [-0.4, -0.2) is 13.4 Å². The second-order valence-electron chi connectivity index (χ2n) is 4.62. The Bertz CT molecular complexity index is 854. The molecule has 1 atom stereocenters. The van der Waals surface area contributed by atoms with Crippen molar-refractivity contribution in [1.82, 2.24) is 4.98 Å². The highest BCUT2D eigenvalue weighted by Crippen LogP contribution is 2.41. The number of hydrogen-bond donors (Lipinski definition) is 0. The second-order valence-corrected chi connectivity index (χ2v) is 7.33. The molecule has 0 radical (unpaired) electrons. The Morgan fingerprint density at radius 2 is 1.95 bits per heavy atom. The van der Waals surface area contributed by atoms with Crippen LogP contribution in [0.3, 0.4) is 0 Å². The van der Waals surface area contributed by atoms with Crippen molar-refractivity contribution in [2.75, 3.05) is 4.90 Å². The summed E-state index contributed by atoms with van der Waals surface area (Å²) >= 11 is 12.0. The number of halogens is 2. The zero-order valence-electron chi connectivity index (χ0n) is 11.0. The van der Waals surface area contributed by atoms with E-state index in [1.54, 1.807) is 18.2 Å². The minimum atomic E-state index is -3.84. The molecule has 0 saturated carbocycles. The molecule has 2 heterocycles. The van der Waals surface area contributed by atoms with Crippen LogP contribution in [-0.2, 0) is 9.84 Å². The van der Waals surface area contributed by atoms with Crippen LogP contribution in [0.1, 0.15) is 10.9 Å². The first-order chi connectivity index (χ1) is 10.4. The Balaban J connectivity index is 2.18. The molecule has 0 aliphatic carbocycles. The van der Waals surface area contributed by atoms with Gasteiger partial charge in [0.1, 0.15) is 5.82 Å². The molecule has 1 aliphatic rings. The maximum atomic E-state index is 12.4. The van der Waals surface area contributed by atoms with Crippen LogP contribution in [0.2, 0.25) is 10.0 Å². The Morgan fingerprint density at radius 3 is 2.59 bits per heavy atom. The predicted octanol–water partition coefficient (Wildman–Crippen LogP) is 2.48. The molecule has 0 fully saturated rings. The SMILES string of the molecule is O=S1(=O)C=C([O-])N(c2ccccn2)C1c1ccc(Cl)cc1Cl. The number of pyridine rings is 1. The van der Waals surface area contributed by atoms with Crippen molar-refractivity contribution in [3.63, 3.8) is 0 Å². The molecule has 1 aromatic carbocycles. The molecule has 1 unspecified atom stereocenters. The highest BCUT2D eigenvalue weighted by Gasteiger charge is 2.39. The molecule has 0 saturated heterocycles. The summed E-state index contributed by atoms with van der Waals surface area (Å²) in [4.78, 5) is 5.15. The lowest BCUT2D eigenvalue weighted by Gasteiger charge is -2.30. The Hall–Kier alpha value is -1.76. The number of benzene rings is 1. The monoisotopic (exact) mass is 355 g/mol. The van der Waals surface area contributed by atoms with E-state index in [-0.39, 0.29) is 16.4 Å². The van der Waals surface area contributed by atoms with Gasteiger partial charge in [0.05, 0.1) is 0 Å². The van der Waals surface area contributed by atoms with Crippen LogP contribution in [0, 0.1) is 0 Å². The third-order valence-electron chi connectivity index (χ3n) is 3.17. The minimum absolute atomic E-state index is 0.171. The van der Waals surface area contributed by atoms with Crippen LogP contribution in [0.5, 0.6) is 0 Å². The number of anilines is 1. The van der Waals surface area contributed by atoms with E-state index in [4.69, 9.17) is 23.2 Å². The van der Waals surface area contributed by atoms with Crippen LogP contribution < -0.4 is 10.0 Å². The summed E-state index contributed by atoms with van der Waals surface area (Å²) < 4.78 is 24.7. The smallest absolute Gasteiger partial charge is 0.198 e. The molecule has 114 valence electrons. The fourth-order valence-corrected chi connectivity index (χ4v) is 4.44. The summed E-state index contributed by atoms with van der Waals surface area (Å²) in [5.74, 6) is -0.421. The summed E-state index contributed by atoms with van der Waals surface area (Å²) in [6.07, 6.45) is 1.48. The van der Waals surface area contributed by atoms with Gasteiger partial charge in [0.2, 0.25) is 0 Å². The standard InChI is InChI=1S/C14H10Cl2N2O3S/c15-9-4-5-10(11(16)7-9)14-18(12-3-1-2-6-17-12)13(19)8-22(14,20)21/h1-8,14,19H/p-1. The zero-order valence-corrected chi connectivity index (χ0v) is 13.3. The zero-order chi connectivity index (χ0) is 15.9. The molecule has 0 amide bonds. The number of nitrogens with zero attached hydrogens (tertiary/aromatic N) is 2. The first-order valence-electron chi connectivity index (χ1n) is 6.18. The van der Waals surface area contributed by atoms with E-state index in [1.165, 1.54) is 24.4 Å². The number of sulfone groups is 1. The summed E-state index contributed by atoms with van der Waals surface area (Å²) in [5, 5.41) is 12.1. The lowest BCUT2D eigenvalue weighted by atomic mass is 10.2. The van der Waals surface area contributed by atoms with E-state index in [2.05, 4.69) is 4.98 Å². The molecule has 0 bridgehead atoms. The van der Waals surface area contributed by atoms with Crippen molar-refractivity contribution in [3.05, 3.63) is 69.5 Å². The summed E-state index contributed by atoms with van der Waals surface area (Å²) in [7, 11) is -3.84.